The van der Waals surface area contributed by atoms with Crippen molar-refractivity contribution < 1.29 is 8.78 Å². The number of hydrogen-bond donors (Lipinski definition) is 0. The Hall–Kier alpha value is -2.60. The van der Waals surface area contributed by atoms with Crippen LogP contribution in [-0.2, 0) is 0 Å². The average Bonchev–Trinajstić information content (AvgIpc) is 2.74. The number of rotatable bonds is 5. The van der Waals surface area contributed by atoms with E-state index in [0.717, 1.165) is 30.7 Å². The molecule has 0 unspecified atom stereocenters. The van der Waals surface area contributed by atoms with Crippen molar-refractivity contribution in [1.82, 2.24) is 0 Å². The highest BCUT2D eigenvalue weighted by atomic mass is 32.1. The Morgan fingerprint density at radius 3 is 2.28 bits per heavy atom. The Morgan fingerprint density at radius 2 is 1.69 bits per heavy atom. The van der Waals surface area contributed by atoms with Crippen LogP contribution in [0.1, 0.15) is 44.1 Å². The summed E-state index contributed by atoms with van der Waals surface area (Å²) in [5, 5.41) is 1.99. The molecule has 2 aromatic carbocycles. The Morgan fingerprint density at radius 1 is 1.03 bits per heavy atom. The zero-order valence-corrected chi connectivity index (χ0v) is 17.1. The van der Waals surface area contributed by atoms with Crippen LogP contribution in [-0.4, -0.2) is 5.16 Å². The number of hydrogen-bond acceptors (Lipinski definition) is 2. The van der Waals surface area contributed by atoms with Crippen molar-refractivity contribution in [3.8, 4) is 23.0 Å². The highest BCUT2D eigenvalue weighted by Gasteiger charge is 2.19. The van der Waals surface area contributed by atoms with Crippen molar-refractivity contribution in [2.45, 2.75) is 38.5 Å². The van der Waals surface area contributed by atoms with Gasteiger partial charge in [-0.2, -0.15) is 4.99 Å². The first-order valence-electron chi connectivity index (χ1n) is 9.90. The molecule has 1 nitrogen and oxygen atoms in total. The molecule has 0 aliphatic heterocycles. The lowest BCUT2D eigenvalue weighted by atomic mass is 9.80. The molecule has 0 spiro atoms. The summed E-state index contributed by atoms with van der Waals surface area (Å²) < 4.78 is 28.1. The second-order valence-electron chi connectivity index (χ2n) is 7.42. The van der Waals surface area contributed by atoms with E-state index in [0.29, 0.717) is 17.0 Å². The van der Waals surface area contributed by atoms with Gasteiger partial charge < -0.3 is 0 Å². The van der Waals surface area contributed by atoms with E-state index in [1.807, 2.05) is 35.5 Å². The molecule has 2 aromatic rings. The number of benzene rings is 2. The predicted molar refractivity (Wildman–Crippen MR) is 118 cm³/mol. The van der Waals surface area contributed by atoms with E-state index in [2.05, 4.69) is 35.6 Å². The summed E-state index contributed by atoms with van der Waals surface area (Å²) in [5.41, 5.74) is 1.66. The SMILES string of the molecule is C=CCCC1CCC(C#Cc2ccc(-c3cc(F)c(N=C=S)c(F)c3)cc2)CC1. The third kappa shape index (κ3) is 5.70. The topological polar surface area (TPSA) is 12.4 Å². The van der Waals surface area contributed by atoms with Gasteiger partial charge in [-0.05, 0) is 92.1 Å². The minimum absolute atomic E-state index is 0.412. The molecular weight excluding hydrogens is 384 g/mol. The minimum Gasteiger partial charge on any atom is -0.204 e. The van der Waals surface area contributed by atoms with Gasteiger partial charge in [0.1, 0.15) is 5.69 Å². The van der Waals surface area contributed by atoms with E-state index in [-0.39, 0.29) is 0 Å². The summed E-state index contributed by atoms with van der Waals surface area (Å²) >= 11 is 4.42. The first kappa shape index (κ1) is 21.1. The Balaban J connectivity index is 1.65. The van der Waals surface area contributed by atoms with Gasteiger partial charge in [-0.25, -0.2) is 8.78 Å². The molecule has 4 heteroatoms. The lowest BCUT2D eigenvalue weighted by Crippen LogP contribution is -2.13. The number of thiocarbonyl (C=S) groups is 1. The molecule has 0 saturated heterocycles. The third-order valence-electron chi connectivity index (χ3n) is 5.44. The van der Waals surface area contributed by atoms with Crippen molar-refractivity contribution in [2.24, 2.45) is 16.8 Å². The van der Waals surface area contributed by atoms with Crippen LogP contribution in [0.2, 0.25) is 0 Å². The number of allylic oxidation sites excluding steroid dienone is 1. The number of aliphatic imine (C=N–C) groups is 1. The van der Waals surface area contributed by atoms with E-state index in [4.69, 9.17) is 0 Å². The molecule has 0 heterocycles. The van der Waals surface area contributed by atoms with Crippen molar-refractivity contribution in [3.63, 3.8) is 0 Å². The lowest BCUT2D eigenvalue weighted by molar-refractivity contribution is 0.303. The third-order valence-corrected chi connectivity index (χ3v) is 5.53. The van der Waals surface area contributed by atoms with E-state index in [1.165, 1.54) is 31.4 Å². The van der Waals surface area contributed by atoms with Crippen LogP contribution in [0.15, 0.2) is 54.0 Å². The van der Waals surface area contributed by atoms with Crippen LogP contribution in [0.25, 0.3) is 11.1 Å². The average molecular weight is 408 g/mol. The van der Waals surface area contributed by atoms with Gasteiger partial charge >= 0.3 is 0 Å². The fraction of sp³-hybridized carbons (Fsp3) is 0.320. The molecule has 1 saturated carbocycles. The Bertz CT molecular complexity index is 947. The normalized spacial score (nSPS) is 18.3. The molecule has 0 atom stereocenters. The molecule has 148 valence electrons. The van der Waals surface area contributed by atoms with Crippen molar-refractivity contribution in [2.75, 3.05) is 0 Å². The predicted octanol–water partition coefficient (Wildman–Crippen LogP) is 7.49. The molecule has 0 radical (unpaired) electrons. The second-order valence-corrected chi connectivity index (χ2v) is 7.60. The van der Waals surface area contributed by atoms with E-state index >= 15 is 0 Å². The molecule has 1 fully saturated rings. The van der Waals surface area contributed by atoms with Crippen LogP contribution < -0.4 is 0 Å². The van der Waals surface area contributed by atoms with Gasteiger partial charge in [0.15, 0.2) is 11.6 Å². The monoisotopic (exact) mass is 407 g/mol. The number of isothiocyanates is 1. The molecule has 0 amide bonds. The zero-order chi connectivity index (χ0) is 20.6. The summed E-state index contributed by atoms with van der Waals surface area (Å²) in [6.45, 7) is 3.80. The van der Waals surface area contributed by atoms with Gasteiger partial charge in [-0.1, -0.05) is 30.0 Å². The number of nitrogens with zero attached hydrogens (tertiary/aromatic N) is 1. The molecule has 0 bridgehead atoms. The molecule has 1 aliphatic rings. The maximum Gasteiger partial charge on any atom is 0.153 e. The summed E-state index contributed by atoms with van der Waals surface area (Å²) in [4.78, 5) is 3.43. The standard InChI is InChI=1S/C25H23F2NS/c1-2-3-4-18-5-7-19(8-6-18)9-10-20-11-13-21(14-12-20)22-15-23(26)25(28-17-29)24(27)16-22/h2,11-16,18-19H,1,3-8H2. The quantitative estimate of drug-likeness (QED) is 0.216. The largest absolute Gasteiger partial charge is 0.204 e. The van der Waals surface area contributed by atoms with Gasteiger partial charge in [0.2, 0.25) is 0 Å². The Labute approximate surface area is 176 Å². The highest BCUT2D eigenvalue weighted by Crippen LogP contribution is 2.32. The van der Waals surface area contributed by atoms with E-state index < -0.39 is 17.3 Å². The van der Waals surface area contributed by atoms with Gasteiger partial charge in [-0.15, -0.1) is 6.58 Å². The smallest absolute Gasteiger partial charge is 0.153 e. The van der Waals surface area contributed by atoms with Gasteiger partial charge in [0, 0.05) is 11.5 Å². The van der Waals surface area contributed by atoms with Crippen molar-refractivity contribution in [1.29, 1.82) is 0 Å². The summed E-state index contributed by atoms with van der Waals surface area (Å²) in [6, 6.07) is 9.92. The maximum atomic E-state index is 14.0. The maximum absolute atomic E-state index is 14.0. The van der Waals surface area contributed by atoms with E-state index in [9.17, 15) is 8.78 Å². The first-order valence-corrected chi connectivity index (χ1v) is 10.3. The zero-order valence-electron chi connectivity index (χ0n) is 16.3. The minimum atomic E-state index is -0.759. The molecule has 3 rings (SSSR count). The molecule has 0 aromatic heterocycles. The summed E-state index contributed by atoms with van der Waals surface area (Å²) in [7, 11) is 0. The number of halogens is 2. The highest BCUT2D eigenvalue weighted by molar-refractivity contribution is 7.78. The van der Waals surface area contributed by atoms with Crippen molar-refractivity contribution in [3.05, 3.63) is 66.3 Å². The van der Waals surface area contributed by atoms with Crippen LogP contribution >= 0.6 is 12.2 Å². The summed E-state index contributed by atoms with van der Waals surface area (Å²) in [5.74, 6) is 6.39. The lowest BCUT2D eigenvalue weighted by Gasteiger charge is -2.25. The van der Waals surface area contributed by atoms with Crippen LogP contribution in [0.4, 0.5) is 14.5 Å². The fourth-order valence-corrected chi connectivity index (χ4v) is 3.86. The fourth-order valence-electron chi connectivity index (χ4n) is 3.77. The Kier molecular flexibility index (Phi) is 7.47. The van der Waals surface area contributed by atoms with Crippen molar-refractivity contribution >= 4 is 23.1 Å². The molecule has 0 N–H and O–H groups in total. The molecular formula is C25H23F2NS. The van der Waals surface area contributed by atoms with Crippen LogP contribution in [0.3, 0.4) is 0 Å². The molecule has 29 heavy (non-hydrogen) atoms. The van der Waals surface area contributed by atoms with E-state index in [1.54, 1.807) is 0 Å². The van der Waals surface area contributed by atoms with Crippen LogP contribution in [0, 0.1) is 35.3 Å². The van der Waals surface area contributed by atoms with Gasteiger partial charge in [0.05, 0.1) is 5.16 Å². The second kappa shape index (κ2) is 10.3. The summed E-state index contributed by atoms with van der Waals surface area (Å²) in [6.07, 6.45) is 9.14. The first-order chi connectivity index (χ1) is 14.1. The van der Waals surface area contributed by atoms with Crippen LogP contribution in [0.5, 0.6) is 0 Å². The van der Waals surface area contributed by atoms with Gasteiger partial charge in [0.25, 0.3) is 0 Å². The van der Waals surface area contributed by atoms with Gasteiger partial charge in [-0.3, -0.25) is 0 Å². The molecule has 1 aliphatic carbocycles.